The highest BCUT2D eigenvalue weighted by molar-refractivity contribution is 8.04. The summed E-state index contributed by atoms with van der Waals surface area (Å²) in [5, 5.41) is 18.5. The minimum atomic E-state index is 0.165. The zero-order valence-electron chi connectivity index (χ0n) is 8.10. The van der Waals surface area contributed by atoms with Crippen LogP contribution in [0.4, 0.5) is 5.82 Å². The Labute approximate surface area is 95.0 Å². The number of nitrogens with one attached hydrogen (secondary N) is 1. The second kappa shape index (κ2) is 4.26. The Bertz CT molecular complexity index is 434. The molecule has 78 valence electrons. The zero-order valence-corrected chi connectivity index (χ0v) is 10.1. The first-order valence-electron chi connectivity index (χ1n) is 4.55. The normalized spacial score (nSPS) is 20.0. The minimum absolute atomic E-state index is 0.165. The zero-order chi connectivity index (χ0) is 10.8. The molecule has 4 nitrogen and oxygen atoms in total. The van der Waals surface area contributed by atoms with Crippen molar-refractivity contribution in [3.8, 4) is 5.40 Å². The summed E-state index contributed by atoms with van der Waals surface area (Å²) in [6, 6.07) is 0. The molecule has 1 aliphatic rings. The average Bonchev–Trinajstić information content (AvgIpc) is 2.51. The van der Waals surface area contributed by atoms with Crippen molar-refractivity contribution in [2.75, 3.05) is 11.9 Å². The van der Waals surface area contributed by atoms with Crippen molar-refractivity contribution in [3.05, 3.63) is 18.3 Å². The number of nitrogens with zero attached hydrogens (tertiary/aromatic N) is 3. The number of anilines is 1. The molecule has 0 aromatic carbocycles. The maximum absolute atomic E-state index is 8.71. The van der Waals surface area contributed by atoms with Gasteiger partial charge < -0.3 is 5.32 Å². The monoisotopic (exact) mass is 238 g/mol. The van der Waals surface area contributed by atoms with Crippen LogP contribution in [0.2, 0.25) is 0 Å². The van der Waals surface area contributed by atoms with Crippen molar-refractivity contribution < 1.29 is 0 Å². The molecule has 0 radical (unpaired) electrons. The lowest BCUT2D eigenvalue weighted by Gasteiger charge is -2.10. The van der Waals surface area contributed by atoms with E-state index < -0.39 is 0 Å². The third kappa shape index (κ3) is 2.01. The topological polar surface area (TPSA) is 53.6 Å². The van der Waals surface area contributed by atoms with Gasteiger partial charge in [-0.15, -0.1) is 0 Å². The van der Waals surface area contributed by atoms with E-state index in [2.05, 4.69) is 31.8 Å². The van der Waals surface area contributed by atoms with Crippen molar-refractivity contribution in [2.24, 2.45) is 0 Å². The average molecular weight is 238 g/mol. The fraction of sp³-hybridized carbons (Fsp3) is 0.333. The van der Waals surface area contributed by atoms with Crippen LogP contribution < -0.4 is 5.32 Å². The molecular formula is C9H11N4PS. The third-order valence-electron chi connectivity index (χ3n) is 2.36. The SMILES string of the molecule is C=C1c2cn(P)nc2NCCC1SC#N. The number of nitriles is 1. The Morgan fingerprint density at radius 1 is 1.80 bits per heavy atom. The van der Waals surface area contributed by atoms with E-state index in [4.69, 9.17) is 5.26 Å². The van der Waals surface area contributed by atoms with Crippen LogP contribution in [-0.4, -0.2) is 21.3 Å². The van der Waals surface area contributed by atoms with Gasteiger partial charge in [-0.2, -0.15) is 10.4 Å². The predicted octanol–water partition coefficient (Wildman–Crippen LogP) is 1.93. The van der Waals surface area contributed by atoms with Gasteiger partial charge in [-0.05, 0) is 33.1 Å². The highest BCUT2D eigenvalue weighted by Gasteiger charge is 2.23. The summed E-state index contributed by atoms with van der Waals surface area (Å²) in [5.41, 5.74) is 1.99. The number of fused-ring (bicyclic) bond motifs is 1. The molecule has 2 heterocycles. The smallest absolute Gasteiger partial charge is 0.155 e. The van der Waals surface area contributed by atoms with Crippen LogP contribution >= 0.6 is 21.2 Å². The lowest BCUT2D eigenvalue weighted by atomic mass is 10.1. The molecule has 2 unspecified atom stereocenters. The maximum Gasteiger partial charge on any atom is 0.155 e. The van der Waals surface area contributed by atoms with Crippen LogP contribution in [-0.2, 0) is 0 Å². The third-order valence-corrected chi connectivity index (χ3v) is 3.54. The predicted molar refractivity (Wildman–Crippen MR) is 66.5 cm³/mol. The van der Waals surface area contributed by atoms with E-state index in [1.54, 1.807) is 4.45 Å². The van der Waals surface area contributed by atoms with Gasteiger partial charge in [0.05, 0.1) is 0 Å². The molecule has 0 amide bonds. The highest BCUT2D eigenvalue weighted by atomic mass is 32.2. The van der Waals surface area contributed by atoms with Gasteiger partial charge in [0.15, 0.2) is 5.82 Å². The Kier molecular flexibility index (Phi) is 2.99. The van der Waals surface area contributed by atoms with Gasteiger partial charge >= 0.3 is 0 Å². The lowest BCUT2D eigenvalue weighted by molar-refractivity contribution is 0.914. The number of hydrogen-bond donors (Lipinski definition) is 1. The van der Waals surface area contributed by atoms with Crippen molar-refractivity contribution in [1.29, 1.82) is 5.26 Å². The van der Waals surface area contributed by atoms with E-state index in [1.807, 2.05) is 6.20 Å². The Balaban J connectivity index is 2.34. The maximum atomic E-state index is 8.71. The van der Waals surface area contributed by atoms with Crippen molar-refractivity contribution in [2.45, 2.75) is 11.7 Å². The summed E-state index contributed by atoms with van der Waals surface area (Å²) in [5.74, 6) is 0.857. The first kappa shape index (κ1) is 10.5. The van der Waals surface area contributed by atoms with Crippen LogP contribution in [0, 0.1) is 10.7 Å². The molecular weight excluding hydrogens is 227 g/mol. The Morgan fingerprint density at radius 2 is 2.60 bits per heavy atom. The van der Waals surface area contributed by atoms with Crippen LogP contribution in [0.15, 0.2) is 12.8 Å². The lowest BCUT2D eigenvalue weighted by Crippen LogP contribution is -2.07. The molecule has 6 heteroatoms. The number of aromatic nitrogens is 2. The van der Waals surface area contributed by atoms with Crippen LogP contribution in [0.25, 0.3) is 5.57 Å². The van der Waals surface area contributed by atoms with E-state index >= 15 is 0 Å². The molecule has 1 aliphatic heterocycles. The first-order chi connectivity index (χ1) is 7.22. The molecule has 0 saturated heterocycles. The van der Waals surface area contributed by atoms with Crippen molar-refractivity contribution in [3.63, 3.8) is 0 Å². The standard InChI is InChI=1S/C9H11N4PS/c1-6-7-4-13(14)12-9(7)11-3-2-8(6)15-5-10/h4,8H,1-3,14H2,(H,11,12). The molecule has 2 rings (SSSR count). The molecule has 1 aromatic heterocycles. The molecule has 0 bridgehead atoms. The summed E-state index contributed by atoms with van der Waals surface area (Å²) in [4.78, 5) is 0. The second-order valence-corrected chi connectivity index (χ2v) is 4.83. The van der Waals surface area contributed by atoms with E-state index in [0.29, 0.717) is 0 Å². The first-order valence-corrected chi connectivity index (χ1v) is 5.94. The molecule has 0 spiro atoms. The van der Waals surface area contributed by atoms with Gasteiger partial charge in [0.1, 0.15) is 5.40 Å². The van der Waals surface area contributed by atoms with Crippen LogP contribution in [0.3, 0.4) is 0 Å². The van der Waals surface area contributed by atoms with Crippen LogP contribution in [0.5, 0.6) is 0 Å². The molecule has 0 fully saturated rings. The van der Waals surface area contributed by atoms with E-state index in [0.717, 1.165) is 29.9 Å². The van der Waals surface area contributed by atoms with Gasteiger partial charge in [-0.1, -0.05) is 6.58 Å². The van der Waals surface area contributed by atoms with E-state index in [1.165, 1.54) is 11.8 Å². The molecule has 1 aromatic rings. The molecule has 0 aliphatic carbocycles. The fourth-order valence-corrected chi connectivity index (χ4v) is 2.52. The van der Waals surface area contributed by atoms with E-state index in [9.17, 15) is 0 Å². The highest BCUT2D eigenvalue weighted by Crippen LogP contribution is 2.34. The number of hydrogen-bond acceptors (Lipinski definition) is 4. The summed E-state index contributed by atoms with van der Waals surface area (Å²) >= 11 is 1.27. The molecule has 2 atom stereocenters. The van der Waals surface area contributed by atoms with Crippen molar-refractivity contribution >= 4 is 32.5 Å². The summed E-state index contributed by atoms with van der Waals surface area (Å²) in [7, 11) is 2.49. The Hall–Kier alpha value is -0.980. The van der Waals surface area contributed by atoms with Crippen molar-refractivity contribution in [1.82, 2.24) is 9.55 Å². The quantitative estimate of drug-likeness (QED) is 0.600. The van der Waals surface area contributed by atoms with Gasteiger partial charge in [0.2, 0.25) is 0 Å². The number of thiocyanates is 1. The van der Waals surface area contributed by atoms with E-state index in [-0.39, 0.29) is 5.25 Å². The molecule has 1 N–H and O–H groups in total. The summed E-state index contributed by atoms with van der Waals surface area (Å²) < 4.78 is 1.68. The van der Waals surface area contributed by atoms with Gasteiger partial charge in [0.25, 0.3) is 0 Å². The fourth-order valence-electron chi connectivity index (χ4n) is 1.62. The minimum Gasteiger partial charge on any atom is -0.368 e. The second-order valence-electron chi connectivity index (χ2n) is 3.31. The Morgan fingerprint density at radius 3 is 3.33 bits per heavy atom. The summed E-state index contributed by atoms with van der Waals surface area (Å²) in [6.07, 6.45) is 2.82. The van der Waals surface area contributed by atoms with Gasteiger partial charge in [0, 0.05) is 23.6 Å². The summed E-state index contributed by atoms with van der Waals surface area (Å²) in [6.45, 7) is 4.88. The van der Waals surface area contributed by atoms with Crippen LogP contribution in [0.1, 0.15) is 12.0 Å². The molecule has 15 heavy (non-hydrogen) atoms. The number of rotatable bonds is 1. The van der Waals surface area contributed by atoms with Gasteiger partial charge in [-0.3, -0.25) is 4.45 Å². The molecule has 0 saturated carbocycles. The largest absolute Gasteiger partial charge is 0.368 e. The van der Waals surface area contributed by atoms with Gasteiger partial charge in [-0.25, -0.2) is 0 Å². The number of thioether (sulfide) groups is 1.